The predicted molar refractivity (Wildman–Crippen MR) is 190 cm³/mol. The molecule has 0 aromatic heterocycles. The van der Waals surface area contributed by atoms with Crippen molar-refractivity contribution >= 4 is 42.2 Å². The lowest BCUT2D eigenvalue weighted by Crippen LogP contribution is -2.50. The molecule has 3 amide bonds. The van der Waals surface area contributed by atoms with E-state index in [2.05, 4.69) is 15.6 Å². The smallest absolute Gasteiger partial charge is 0.410 e. The number of nitrogens with two attached hydrogens (primary N) is 3. The first-order chi connectivity index (χ1) is 23.2. The number of carbonyl (C=O) groups excluding carboxylic acids is 4. The lowest BCUT2D eigenvalue weighted by molar-refractivity contribution is -0.135. The number of halogens is 1. The number of hydrogen-bond donors (Lipinski definition) is 6. The van der Waals surface area contributed by atoms with E-state index < -0.39 is 30.2 Å². The number of nitrogens with zero attached hydrogens (tertiary/aromatic N) is 2. The fourth-order valence-corrected chi connectivity index (χ4v) is 4.56. The van der Waals surface area contributed by atoms with Crippen LogP contribution in [0.2, 0.25) is 0 Å². The maximum absolute atomic E-state index is 12.9. The number of amides is 3. The molecular weight excluding hydrogens is 654 g/mol. The number of guanidine groups is 1. The van der Waals surface area contributed by atoms with Crippen molar-refractivity contribution in [2.45, 2.75) is 76.7 Å². The average Bonchev–Trinajstić information content (AvgIpc) is 3.09. The van der Waals surface area contributed by atoms with Crippen LogP contribution in [0.1, 0.15) is 62.5 Å². The second-order valence-corrected chi connectivity index (χ2v) is 11.3. The molecule has 2 aromatic carbocycles. The van der Waals surface area contributed by atoms with Crippen molar-refractivity contribution in [1.82, 2.24) is 15.5 Å². The Labute approximate surface area is 294 Å². The van der Waals surface area contributed by atoms with E-state index in [0.29, 0.717) is 51.9 Å². The van der Waals surface area contributed by atoms with Gasteiger partial charge in [-0.1, -0.05) is 73.5 Å². The third kappa shape index (κ3) is 19.3. The predicted octanol–water partition coefficient (Wildman–Crippen LogP) is 2.74. The minimum atomic E-state index is -1.66. The number of ketones is 1. The molecule has 0 saturated carbocycles. The zero-order chi connectivity index (χ0) is 35.0. The van der Waals surface area contributed by atoms with Gasteiger partial charge in [-0.2, -0.15) is 0 Å². The van der Waals surface area contributed by atoms with Crippen LogP contribution in [0.5, 0.6) is 0 Å². The molecule has 0 aliphatic carbocycles. The highest BCUT2D eigenvalue weighted by Crippen LogP contribution is 2.08. The fraction of sp³-hybridized carbons (Fsp3) is 0.500. The largest absolute Gasteiger partial charge is 0.445 e. The van der Waals surface area contributed by atoms with Gasteiger partial charge in [-0.25, -0.2) is 9.59 Å². The minimum Gasteiger partial charge on any atom is -0.445 e. The van der Waals surface area contributed by atoms with Gasteiger partial charge in [0.05, 0.1) is 6.04 Å². The van der Waals surface area contributed by atoms with Gasteiger partial charge in [-0.05, 0) is 43.2 Å². The van der Waals surface area contributed by atoms with Crippen LogP contribution in [-0.4, -0.2) is 84.7 Å². The van der Waals surface area contributed by atoms with Crippen molar-refractivity contribution in [3.8, 4) is 0 Å². The average molecular weight is 706 g/mol. The number of unbranched alkanes of at least 4 members (excludes halogenated alkanes) is 4. The van der Waals surface area contributed by atoms with Gasteiger partial charge in [-0.15, -0.1) is 12.4 Å². The molecule has 0 heterocycles. The van der Waals surface area contributed by atoms with Gasteiger partial charge in [0.2, 0.25) is 0 Å². The number of hydrogen-bond acceptors (Lipinski definition) is 9. The number of alkyl carbamates (subject to hydrolysis) is 1. The topological polar surface area (TPSA) is 225 Å². The van der Waals surface area contributed by atoms with E-state index in [1.54, 1.807) is 4.90 Å². The first kappa shape index (κ1) is 42.6. The van der Waals surface area contributed by atoms with Crippen LogP contribution >= 0.6 is 12.4 Å². The van der Waals surface area contributed by atoms with Crippen LogP contribution < -0.4 is 27.8 Å². The fourth-order valence-electron chi connectivity index (χ4n) is 4.56. The highest BCUT2D eigenvalue weighted by Gasteiger charge is 2.28. The van der Waals surface area contributed by atoms with Gasteiger partial charge >= 0.3 is 12.2 Å². The molecule has 0 fully saturated rings. The van der Waals surface area contributed by atoms with Gasteiger partial charge in [0.15, 0.2) is 17.8 Å². The highest BCUT2D eigenvalue weighted by molar-refractivity contribution is 5.92. The summed E-state index contributed by atoms with van der Waals surface area (Å²) in [7, 11) is 0. The SMILES string of the molecule is Cl.NC(N)=NCCCCCCC(=O)C(N)C(O)C(=O)NCCCCN(CCCNC(=O)OCc1ccccc1)C(=O)OCc1ccccc1. The number of aliphatic hydroxyl groups excluding tert-OH is 1. The van der Waals surface area contributed by atoms with Gasteiger partial charge in [0, 0.05) is 39.1 Å². The van der Waals surface area contributed by atoms with Gasteiger partial charge in [-0.3, -0.25) is 14.6 Å². The maximum Gasteiger partial charge on any atom is 0.410 e. The van der Waals surface area contributed by atoms with E-state index in [0.717, 1.165) is 30.4 Å². The summed E-state index contributed by atoms with van der Waals surface area (Å²) >= 11 is 0. The van der Waals surface area contributed by atoms with E-state index in [1.807, 2.05) is 60.7 Å². The third-order valence-corrected chi connectivity index (χ3v) is 7.31. The van der Waals surface area contributed by atoms with Crippen LogP contribution in [0.4, 0.5) is 9.59 Å². The van der Waals surface area contributed by atoms with Crippen LogP contribution in [0.15, 0.2) is 65.7 Å². The Morgan fingerprint density at radius 3 is 1.96 bits per heavy atom. The summed E-state index contributed by atoms with van der Waals surface area (Å²) in [6.45, 7) is 1.98. The molecule has 0 bridgehead atoms. The Bertz CT molecular complexity index is 1270. The van der Waals surface area contributed by atoms with Gasteiger partial charge in [0.1, 0.15) is 13.2 Å². The molecule has 2 aromatic rings. The number of aliphatic imine (C=N–C) groups is 1. The number of nitrogens with one attached hydrogen (secondary N) is 2. The molecular formula is C34H52ClN7O7. The van der Waals surface area contributed by atoms with Gasteiger partial charge in [0.25, 0.3) is 5.91 Å². The first-order valence-corrected chi connectivity index (χ1v) is 16.4. The molecule has 2 unspecified atom stereocenters. The van der Waals surface area contributed by atoms with Crippen molar-refractivity contribution in [3.05, 3.63) is 71.8 Å². The molecule has 0 aliphatic heterocycles. The van der Waals surface area contributed by atoms with Crippen LogP contribution in [0, 0.1) is 0 Å². The summed E-state index contributed by atoms with van der Waals surface area (Å²) < 4.78 is 10.7. The summed E-state index contributed by atoms with van der Waals surface area (Å²) in [6, 6.07) is 17.3. The van der Waals surface area contributed by atoms with Crippen molar-refractivity contribution < 1.29 is 33.8 Å². The molecule has 0 spiro atoms. The Morgan fingerprint density at radius 2 is 1.33 bits per heavy atom. The number of aliphatic hydroxyl groups is 1. The number of benzene rings is 2. The molecule has 0 saturated heterocycles. The van der Waals surface area contributed by atoms with Crippen molar-refractivity contribution in [2.24, 2.45) is 22.2 Å². The lowest BCUT2D eigenvalue weighted by Gasteiger charge is -2.22. The standard InChI is InChI=1S/C34H51N7O7.ClH/c35-29(28(42)18-9-1-2-10-20-39-32(36)37)30(43)31(44)38-19-11-12-22-41(34(46)48-25-27-16-7-4-8-17-27)23-13-21-40-33(45)47-24-26-14-5-3-6-15-26;/h3-8,14-17,29-30,43H,1-2,9-13,18-25,35H2,(H,38,44)(H,40,45)(H4,36,37,39);1H. The molecule has 9 N–H and O–H groups in total. The molecule has 2 atom stereocenters. The molecule has 49 heavy (non-hydrogen) atoms. The summed E-state index contributed by atoms with van der Waals surface area (Å²) in [5, 5.41) is 15.6. The number of rotatable bonds is 23. The molecule has 0 radical (unpaired) electrons. The molecule has 14 nitrogen and oxygen atoms in total. The van der Waals surface area contributed by atoms with Crippen LogP contribution in [-0.2, 0) is 32.3 Å². The Kier molecular flexibility index (Phi) is 22.3. The quantitative estimate of drug-likeness (QED) is 0.0563. The van der Waals surface area contributed by atoms with Crippen LogP contribution in [0.25, 0.3) is 0 Å². The Balaban J connectivity index is 0.0000120. The van der Waals surface area contributed by atoms with Crippen LogP contribution in [0.3, 0.4) is 0 Å². The van der Waals surface area contributed by atoms with Crippen molar-refractivity contribution in [3.63, 3.8) is 0 Å². The van der Waals surface area contributed by atoms with E-state index in [4.69, 9.17) is 26.7 Å². The monoisotopic (exact) mass is 705 g/mol. The van der Waals surface area contributed by atoms with Crippen molar-refractivity contribution in [1.29, 1.82) is 0 Å². The first-order valence-electron chi connectivity index (χ1n) is 16.4. The third-order valence-electron chi connectivity index (χ3n) is 7.31. The number of carbonyl (C=O) groups is 4. The number of Topliss-reactive ketones (excluding diaryl/α,β-unsaturated/α-hetero) is 1. The summed E-state index contributed by atoms with van der Waals surface area (Å²) in [5.41, 5.74) is 18.1. The number of ether oxygens (including phenoxy) is 2. The highest BCUT2D eigenvalue weighted by atomic mass is 35.5. The van der Waals surface area contributed by atoms with Crippen molar-refractivity contribution in [2.75, 3.05) is 32.7 Å². The zero-order valence-corrected chi connectivity index (χ0v) is 28.8. The summed E-state index contributed by atoms with van der Waals surface area (Å²) in [6.07, 6.45) is 1.93. The Hall–Kier alpha value is -4.40. The second-order valence-electron chi connectivity index (χ2n) is 11.3. The maximum atomic E-state index is 12.9. The van der Waals surface area contributed by atoms with E-state index in [9.17, 15) is 24.3 Å². The zero-order valence-electron chi connectivity index (χ0n) is 28.0. The second kappa shape index (κ2) is 25.6. The lowest BCUT2D eigenvalue weighted by atomic mass is 10.0. The van der Waals surface area contributed by atoms with E-state index in [-0.39, 0.29) is 50.3 Å². The minimum absolute atomic E-state index is 0. The van der Waals surface area contributed by atoms with E-state index >= 15 is 0 Å². The molecule has 2 rings (SSSR count). The molecule has 272 valence electrons. The Morgan fingerprint density at radius 1 is 0.755 bits per heavy atom. The molecule has 15 heteroatoms. The summed E-state index contributed by atoms with van der Waals surface area (Å²) in [4.78, 5) is 55.2. The summed E-state index contributed by atoms with van der Waals surface area (Å²) in [5.74, 6) is -1.06. The van der Waals surface area contributed by atoms with Gasteiger partial charge < -0.3 is 47.3 Å². The van der Waals surface area contributed by atoms with E-state index in [1.165, 1.54) is 0 Å². The molecule has 0 aliphatic rings. The normalized spacial score (nSPS) is 11.6.